The summed E-state index contributed by atoms with van der Waals surface area (Å²) in [4.78, 5) is 38.5. The number of aliphatic hydroxyl groups excluding tert-OH is 1. The molecule has 3 amide bonds. The predicted octanol–water partition coefficient (Wildman–Crippen LogP) is 1.33. The zero-order chi connectivity index (χ0) is 18.5. The lowest BCUT2D eigenvalue weighted by atomic mass is 10.1. The number of carbonyl (C=O) groups is 3. The Kier molecular flexibility index (Phi) is 5.45. The predicted molar refractivity (Wildman–Crippen MR) is 97.4 cm³/mol. The van der Waals surface area contributed by atoms with E-state index in [1.165, 1.54) is 6.08 Å². The van der Waals surface area contributed by atoms with Crippen molar-refractivity contribution in [1.82, 2.24) is 10.2 Å². The molecule has 0 saturated heterocycles. The number of para-hydroxylation sites is 1. The lowest BCUT2D eigenvalue weighted by Crippen LogP contribution is -2.34. The zero-order valence-corrected chi connectivity index (χ0v) is 14.6. The number of nitrogens with zero attached hydrogens (tertiary/aromatic N) is 1. The highest BCUT2D eigenvalue weighted by Gasteiger charge is 2.31. The van der Waals surface area contributed by atoms with Gasteiger partial charge in [-0.05, 0) is 23.6 Å². The van der Waals surface area contributed by atoms with Crippen LogP contribution in [-0.4, -0.2) is 40.9 Å². The number of imide groups is 1. The van der Waals surface area contributed by atoms with Gasteiger partial charge >= 0.3 is 0 Å². The first-order chi connectivity index (χ1) is 12.6. The maximum Gasteiger partial charge on any atom is 0.277 e. The van der Waals surface area contributed by atoms with E-state index < -0.39 is 11.8 Å². The van der Waals surface area contributed by atoms with Crippen LogP contribution in [0.5, 0.6) is 0 Å². The summed E-state index contributed by atoms with van der Waals surface area (Å²) in [7, 11) is 0. The summed E-state index contributed by atoms with van der Waals surface area (Å²) >= 11 is 1.55. The van der Waals surface area contributed by atoms with Gasteiger partial charge in [-0.25, -0.2) is 0 Å². The zero-order valence-electron chi connectivity index (χ0n) is 13.8. The Morgan fingerprint density at radius 2 is 1.96 bits per heavy atom. The van der Waals surface area contributed by atoms with Crippen molar-refractivity contribution in [2.75, 3.05) is 18.5 Å². The molecule has 8 heteroatoms. The number of anilines is 1. The van der Waals surface area contributed by atoms with E-state index in [1.807, 2.05) is 17.5 Å². The standard InChI is InChI=1S/C18H17N3O4S/c22-8-7-21-16(23)10-15(18(21)25)20-14-6-2-1-5-13(14)17(24)19-11-12-4-3-9-26-12/h1-6,9-10,20,22H,7-8,11H2,(H,19,24). The number of amides is 3. The molecule has 3 rings (SSSR count). The van der Waals surface area contributed by atoms with Crippen molar-refractivity contribution in [3.63, 3.8) is 0 Å². The summed E-state index contributed by atoms with van der Waals surface area (Å²) in [5, 5.41) is 16.6. The molecule has 0 spiro atoms. The number of β-amino-alcohol motifs (C(OH)–C–C–N with tert-alkyl or cyclic N) is 1. The molecule has 0 unspecified atom stereocenters. The number of rotatable bonds is 7. The van der Waals surface area contributed by atoms with Gasteiger partial charge in [-0.1, -0.05) is 18.2 Å². The van der Waals surface area contributed by atoms with Gasteiger partial charge in [-0.3, -0.25) is 19.3 Å². The fourth-order valence-electron chi connectivity index (χ4n) is 2.52. The van der Waals surface area contributed by atoms with Gasteiger partial charge in [0.05, 0.1) is 30.9 Å². The molecule has 2 heterocycles. The number of hydrogen-bond acceptors (Lipinski definition) is 6. The Hall–Kier alpha value is -2.97. The maximum atomic E-state index is 12.5. The summed E-state index contributed by atoms with van der Waals surface area (Å²) < 4.78 is 0. The van der Waals surface area contributed by atoms with Crippen molar-refractivity contribution in [2.24, 2.45) is 0 Å². The Labute approximate surface area is 153 Å². The normalized spacial score (nSPS) is 13.7. The van der Waals surface area contributed by atoms with Crippen LogP contribution in [0, 0.1) is 0 Å². The third kappa shape index (κ3) is 3.81. The van der Waals surface area contributed by atoms with E-state index in [2.05, 4.69) is 10.6 Å². The number of hydrogen-bond donors (Lipinski definition) is 3. The van der Waals surface area contributed by atoms with E-state index in [1.54, 1.807) is 35.6 Å². The van der Waals surface area contributed by atoms with Crippen molar-refractivity contribution in [1.29, 1.82) is 0 Å². The first-order valence-electron chi connectivity index (χ1n) is 7.95. The minimum absolute atomic E-state index is 0.0672. The quantitative estimate of drug-likeness (QED) is 0.638. The first-order valence-corrected chi connectivity index (χ1v) is 8.83. The van der Waals surface area contributed by atoms with Crippen LogP contribution in [0.15, 0.2) is 53.6 Å². The average Bonchev–Trinajstić information content (AvgIpc) is 3.25. The molecule has 1 aliphatic heterocycles. The third-order valence-electron chi connectivity index (χ3n) is 3.78. The molecule has 134 valence electrons. The minimum Gasteiger partial charge on any atom is -0.395 e. The van der Waals surface area contributed by atoms with Crippen LogP contribution in [0.25, 0.3) is 0 Å². The van der Waals surface area contributed by atoms with Gasteiger partial charge in [0.25, 0.3) is 17.7 Å². The molecule has 1 aromatic carbocycles. The van der Waals surface area contributed by atoms with Crippen molar-refractivity contribution < 1.29 is 19.5 Å². The fourth-order valence-corrected chi connectivity index (χ4v) is 3.17. The first kappa shape index (κ1) is 17.8. The van der Waals surface area contributed by atoms with Gasteiger partial charge in [0.1, 0.15) is 5.70 Å². The molecule has 0 aliphatic carbocycles. The van der Waals surface area contributed by atoms with E-state index >= 15 is 0 Å². The highest BCUT2D eigenvalue weighted by molar-refractivity contribution is 7.09. The second-order valence-corrected chi connectivity index (χ2v) is 6.54. The van der Waals surface area contributed by atoms with Crippen LogP contribution in [0.2, 0.25) is 0 Å². The second-order valence-electron chi connectivity index (χ2n) is 5.51. The molecule has 7 nitrogen and oxygen atoms in total. The van der Waals surface area contributed by atoms with Crippen LogP contribution in [0.3, 0.4) is 0 Å². The molecular formula is C18H17N3O4S. The van der Waals surface area contributed by atoms with Crippen LogP contribution in [-0.2, 0) is 16.1 Å². The average molecular weight is 371 g/mol. The number of benzene rings is 1. The Balaban J connectivity index is 1.73. The van der Waals surface area contributed by atoms with Gasteiger partial charge in [0, 0.05) is 11.0 Å². The van der Waals surface area contributed by atoms with Crippen molar-refractivity contribution in [2.45, 2.75) is 6.54 Å². The van der Waals surface area contributed by atoms with Crippen molar-refractivity contribution >= 4 is 34.7 Å². The van der Waals surface area contributed by atoms with Crippen molar-refractivity contribution in [3.8, 4) is 0 Å². The SMILES string of the molecule is O=C(NCc1cccs1)c1ccccc1NC1=CC(=O)N(CCO)C1=O. The van der Waals surface area contributed by atoms with Crippen LogP contribution >= 0.6 is 11.3 Å². The summed E-state index contributed by atoms with van der Waals surface area (Å²) in [5.74, 6) is -1.31. The Bertz CT molecular complexity index is 861. The molecule has 1 aromatic heterocycles. The molecule has 2 aromatic rings. The molecule has 0 bridgehead atoms. The lowest BCUT2D eigenvalue weighted by molar-refractivity contribution is -0.137. The van der Waals surface area contributed by atoms with E-state index in [-0.39, 0.29) is 24.8 Å². The van der Waals surface area contributed by atoms with E-state index in [9.17, 15) is 14.4 Å². The topological polar surface area (TPSA) is 98.7 Å². The van der Waals surface area contributed by atoms with Gasteiger partial charge in [-0.15, -0.1) is 11.3 Å². The monoisotopic (exact) mass is 371 g/mol. The summed E-state index contributed by atoms with van der Waals surface area (Å²) in [6.07, 6.45) is 1.17. The van der Waals surface area contributed by atoms with Gasteiger partial charge in [-0.2, -0.15) is 0 Å². The number of carbonyl (C=O) groups excluding carboxylic acids is 3. The van der Waals surface area contributed by atoms with Crippen LogP contribution in [0.1, 0.15) is 15.2 Å². The lowest BCUT2D eigenvalue weighted by Gasteiger charge is -2.15. The molecule has 3 N–H and O–H groups in total. The van der Waals surface area contributed by atoms with E-state index in [0.29, 0.717) is 17.8 Å². The Morgan fingerprint density at radius 3 is 2.69 bits per heavy atom. The van der Waals surface area contributed by atoms with Crippen LogP contribution in [0.4, 0.5) is 5.69 Å². The highest BCUT2D eigenvalue weighted by Crippen LogP contribution is 2.21. The molecular weight excluding hydrogens is 354 g/mol. The fraction of sp³-hybridized carbons (Fsp3) is 0.167. The molecule has 0 fully saturated rings. The number of aliphatic hydroxyl groups is 1. The molecule has 26 heavy (non-hydrogen) atoms. The number of thiophene rings is 1. The minimum atomic E-state index is -0.530. The van der Waals surface area contributed by atoms with Gasteiger partial charge < -0.3 is 15.7 Å². The van der Waals surface area contributed by atoms with E-state index in [4.69, 9.17) is 5.11 Å². The third-order valence-corrected chi connectivity index (χ3v) is 4.65. The summed E-state index contributed by atoms with van der Waals surface area (Å²) in [5.41, 5.74) is 0.863. The highest BCUT2D eigenvalue weighted by atomic mass is 32.1. The Morgan fingerprint density at radius 1 is 1.15 bits per heavy atom. The smallest absolute Gasteiger partial charge is 0.277 e. The van der Waals surface area contributed by atoms with Crippen LogP contribution < -0.4 is 10.6 Å². The second kappa shape index (κ2) is 7.94. The van der Waals surface area contributed by atoms with Crippen molar-refractivity contribution in [3.05, 3.63) is 64.0 Å². The van der Waals surface area contributed by atoms with Gasteiger partial charge in [0.2, 0.25) is 0 Å². The number of nitrogens with one attached hydrogen (secondary N) is 2. The molecule has 0 atom stereocenters. The summed E-state index contributed by atoms with van der Waals surface area (Å²) in [6, 6.07) is 10.6. The molecule has 1 aliphatic rings. The molecule has 0 saturated carbocycles. The largest absolute Gasteiger partial charge is 0.395 e. The summed E-state index contributed by atoms with van der Waals surface area (Å²) in [6.45, 7) is 0.0395. The maximum absolute atomic E-state index is 12.5. The van der Waals surface area contributed by atoms with Gasteiger partial charge in [0.15, 0.2) is 0 Å². The van der Waals surface area contributed by atoms with E-state index in [0.717, 1.165) is 9.78 Å². The molecule has 0 radical (unpaired) electrons.